The lowest BCUT2D eigenvalue weighted by Crippen LogP contribution is -2.48. The third-order valence-electron chi connectivity index (χ3n) is 5.34. The number of hydrogen-bond acceptors (Lipinski definition) is 6. The van der Waals surface area contributed by atoms with Crippen molar-refractivity contribution >= 4 is 23.2 Å². The molecule has 2 amide bonds. The Morgan fingerprint density at radius 3 is 2.84 bits per heavy atom. The van der Waals surface area contributed by atoms with E-state index in [0.717, 1.165) is 12.0 Å². The number of carbonyl (C=O) groups is 2. The van der Waals surface area contributed by atoms with Crippen LogP contribution in [0.15, 0.2) is 35.7 Å². The van der Waals surface area contributed by atoms with Crippen LogP contribution >= 0.6 is 11.3 Å². The predicted molar refractivity (Wildman–Crippen MR) is 119 cm³/mol. The van der Waals surface area contributed by atoms with Gasteiger partial charge < -0.3 is 24.0 Å². The van der Waals surface area contributed by atoms with Gasteiger partial charge >= 0.3 is 0 Å². The zero-order chi connectivity index (χ0) is 22.9. The monoisotopic (exact) mass is 464 g/mol. The molecule has 2 heterocycles. The number of nitrogens with zero attached hydrogens (tertiary/aromatic N) is 2. The van der Waals surface area contributed by atoms with Crippen molar-refractivity contribution in [1.29, 1.82) is 0 Å². The van der Waals surface area contributed by atoms with E-state index in [4.69, 9.17) is 14.2 Å². The maximum atomic E-state index is 13.5. The number of benzene rings is 1. The van der Waals surface area contributed by atoms with E-state index in [0.29, 0.717) is 31.9 Å². The summed E-state index contributed by atoms with van der Waals surface area (Å²) >= 11 is 1.66. The fourth-order valence-electron chi connectivity index (χ4n) is 3.77. The van der Waals surface area contributed by atoms with Gasteiger partial charge in [0.25, 0.3) is 0 Å². The molecular formula is C23H29FN2O5S. The van der Waals surface area contributed by atoms with Crippen molar-refractivity contribution in [2.45, 2.75) is 18.9 Å². The molecule has 2 aromatic rings. The van der Waals surface area contributed by atoms with Crippen LogP contribution in [0.2, 0.25) is 0 Å². The minimum absolute atomic E-state index is 0.0398. The van der Waals surface area contributed by atoms with Crippen LogP contribution < -0.4 is 4.74 Å². The number of hydrogen-bond donors (Lipinski definition) is 0. The number of halogens is 1. The minimum atomic E-state index is -0.376. The van der Waals surface area contributed by atoms with Gasteiger partial charge in [-0.15, -0.1) is 11.3 Å². The van der Waals surface area contributed by atoms with E-state index in [2.05, 4.69) is 0 Å². The maximum Gasteiger partial charge on any atom is 0.249 e. The van der Waals surface area contributed by atoms with Gasteiger partial charge in [0.1, 0.15) is 24.8 Å². The zero-order valence-electron chi connectivity index (χ0n) is 18.4. The first-order valence-electron chi connectivity index (χ1n) is 10.5. The summed E-state index contributed by atoms with van der Waals surface area (Å²) in [4.78, 5) is 30.3. The van der Waals surface area contributed by atoms with Gasteiger partial charge in [-0.2, -0.15) is 0 Å². The molecule has 0 unspecified atom stereocenters. The second kappa shape index (κ2) is 11.9. The second-order valence-electron chi connectivity index (χ2n) is 7.52. The van der Waals surface area contributed by atoms with Crippen molar-refractivity contribution in [3.8, 4) is 5.75 Å². The Labute approximate surface area is 191 Å². The summed E-state index contributed by atoms with van der Waals surface area (Å²) in [6, 6.07) is 7.65. The Hall–Kier alpha value is -2.49. The fourth-order valence-corrected chi connectivity index (χ4v) is 4.70. The lowest BCUT2D eigenvalue weighted by atomic mass is 10.0. The molecule has 7 nitrogen and oxygen atoms in total. The molecule has 0 aliphatic carbocycles. The topological polar surface area (TPSA) is 68.3 Å². The summed E-state index contributed by atoms with van der Waals surface area (Å²) < 4.78 is 29.4. The second-order valence-corrected chi connectivity index (χ2v) is 8.52. The molecular weight excluding hydrogens is 435 g/mol. The molecule has 0 N–H and O–H groups in total. The van der Waals surface area contributed by atoms with E-state index >= 15 is 0 Å². The van der Waals surface area contributed by atoms with Crippen molar-refractivity contribution in [3.05, 3.63) is 52.0 Å². The third kappa shape index (κ3) is 6.27. The van der Waals surface area contributed by atoms with Crippen LogP contribution in [0.1, 0.15) is 22.9 Å². The quantitative estimate of drug-likeness (QED) is 0.479. The predicted octanol–water partition coefficient (Wildman–Crippen LogP) is 2.90. The van der Waals surface area contributed by atoms with Gasteiger partial charge in [-0.3, -0.25) is 9.59 Å². The average Bonchev–Trinajstić information content (AvgIpc) is 3.26. The van der Waals surface area contributed by atoms with Crippen molar-refractivity contribution in [3.63, 3.8) is 0 Å². The van der Waals surface area contributed by atoms with E-state index < -0.39 is 0 Å². The number of ether oxygens (including phenoxy) is 3. The van der Waals surface area contributed by atoms with Crippen molar-refractivity contribution in [1.82, 2.24) is 9.80 Å². The Balaban J connectivity index is 1.73. The molecule has 1 aromatic heterocycles. The first-order chi connectivity index (χ1) is 15.5. The van der Waals surface area contributed by atoms with Crippen molar-refractivity contribution in [2.75, 3.05) is 53.7 Å². The Bertz CT molecular complexity index is 906. The molecule has 0 radical (unpaired) electrons. The molecule has 0 spiro atoms. The van der Waals surface area contributed by atoms with Gasteiger partial charge in [0.15, 0.2) is 0 Å². The number of thiophene rings is 1. The van der Waals surface area contributed by atoms with E-state index in [9.17, 15) is 14.0 Å². The van der Waals surface area contributed by atoms with Gasteiger partial charge in [0.05, 0.1) is 12.6 Å². The highest BCUT2D eigenvalue weighted by atomic mass is 32.1. The van der Waals surface area contributed by atoms with Gasteiger partial charge in [0, 0.05) is 44.9 Å². The molecule has 32 heavy (non-hydrogen) atoms. The first-order valence-corrected chi connectivity index (χ1v) is 11.4. The summed E-state index contributed by atoms with van der Waals surface area (Å²) in [5.41, 5.74) is 1.04. The highest BCUT2D eigenvalue weighted by Crippen LogP contribution is 2.34. The van der Waals surface area contributed by atoms with Crippen LogP contribution in [0.4, 0.5) is 4.39 Å². The lowest BCUT2D eigenvalue weighted by Gasteiger charge is -2.37. The lowest BCUT2D eigenvalue weighted by molar-refractivity contribution is -0.144. The van der Waals surface area contributed by atoms with Crippen LogP contribution in [0.25, 0.3) is 0 Å². The molecule has 0 bridgehead atoms. The Kier molecular flexibility index (Phi) is 9.01. The van der Waals surface area contributed by atoms with E-state index in [1.54, 1.807) is 35.5 Å². The Morgan fingerprint density at radius 2 is 2.09 bits per heavy atom. The van der Waals surface area contributed by atoms with Crippen LogP contribution in [0.3, 0.4) is 0 Å². The van der Waals surface area contributed by atoms with Crippen molar-refractivity contribution in [2.24, 2.45) is 0 Å². The summed E-state index contributed by atoms with van der Waals surface area (Å²) in [5.74, 6) is -0.357. The van der Waals surface area contributed by atoms with Crippen molar-refractivity contribution < 1.29 is 28.2 Å². The first kappa shape index (κ1) is 24.2. The zero-order valence-corrected chi connectivity index (χ0v) is 19.2. The fraction of sp³-hybridized carbons (Fsp3) is 0.478. The SMILES string of the molecule is COCCCN(CC(=O)N1CCc2sccc2[C@H]1COc1cccc(F)c1)C(=O)COC. The van der Waals surface area contributed by atoms with Gasteiger partial charge in [-0.05, 0) is 42.0 Å². The van der Waals surface area contributed by atoms with Crippen LogP contribution in [0.5, 0.6) is 5.75 Å². The molecule has 0 saturated heterocycles. The molecule has 0 fully saturated rings. The van der Waals surface area contributed by atoms with E-state index in [1.807, 2.05) is 11.4 Å². The number of rotatable bonds is 11. The van der Waals surface area contributed by atoms with Gasteiger partial charge in [-0.25, -0.2) is 4.39 Å². The number of amides is 2. The highest BCUT2D eigenvalue weighted by molar-refractivity contribution is 7.10. The molecule has 1 aromatic carbocycles. The molecule has 174 valence electrons. The van der Waals surface area contributed by atoms with E-state index in [-0.39, 0.29) is 43.4 Å². The minimum Gasteiger partial charge on any atom is -0.491 e. The molecule has 0 saturated carbocycles. The molecule has 3 rings (SSSR count). The summed E-state index contributed by atoms with van der Waals surface area (Å²) in [6.07, 6.45) is 1.38. The Morgan fingerprint density at radius 1 is 1.25 bits per heavy atom. The molecule has 1 aliphatic heterocycles. The summed E-state index contributed by atoms with van der Waals surface area (Å²) in [5, 5.41) is 2.01. The summed E-state index contributed by atoms with van der Waals surface area (Å²) in [6.45, 7) is 1.52. The normalized spacial score (nSPS) is 15.3. The van der Waals surface area contributed by atoms with Crippen LogP contribution in [0, 0.1) is 5.82 Å². The smallest absolute Gasteiger partial charge is 0.249 e. The third-order valence-corrected chi connectivity index (χ3v) is 6.34. The molecule has 1 aliphatic rings. The van der Waals surface area contributed by atoms with Crippen LogP contribution in [-0.4, -0.2) is 75.3 Å². The standard InChI is InChI=1S/C23H29FN2O5S/c1-29-11-4-9-25(23(28)16-30-2)14-22(27)26-10-7-21-19(8-12-32-21)20(26)15-31-18-6-3-5-17(24)13-18/h3,5-6,8,12-13,20H,4,7,9-11,14-16H2,1-2H3/t20-/m1/s1. The number of fused-ring (bicyclic) bond motifs is 1. The highest BCUT2D eigenvalue weighted by Gasteiger charge is 2.33. The number of carbonyl (C=O) groups excluding carboxylic acids is 2. The maximum absolute atomic E-state index is 13.5. The largest absolute Gasteiger partial charge is 0.491 e. The van der Waals surface area contributed by atoms with Gasteiger partial charge in [-0.1, -0.05) is 6.07 Å². The average molecular weight is 465 g/mol. The van der Waals surface area contributed by atoms with E-state index in [1.165, 1.54) is 29.0 Å². The molecule has 1 atom stereocenters. The molecule has 9 heteroatoms. The number of methoxy groups -OCH3 is 2. The summed E-state index contributed by atoms with van der Waals surface area (Å²) in [7, 11) is 3.05. The van der Waals surface area contributed by atoms with Crippen LogP contribution in [-0.2, 0) is 25.5 Å². The van der Waals surface area contributed by atoms with Gasteiger partial charge in [0.2, 0.25) is 11.8 Å².